The minimum Gasteiger partial charge on any atom is -0.369 e. The van der Waals surface area contributed by atoms with Gasteiger partial charge < -0.3 is 5.73 Å². The zero-order valence-corrected chi connectivity index (χ0v) is 11.9. The number of nitrogens with zero attached hydrogens (tertiary/aromatic N) is 3. The van der Waals surface area contributed by atoms with Gasteiger partial charge in [-0.25, -0.2) is 4.79 Å². The molecule has 2 N–H and O–H groups in total. The number of hydrogen-bond acceptors (Lipinski definition) is 4. The molecule has 0 aliphatic heterocycles. The zero-order valence-electron chi connectivity index (χ0n) is 11.9. The van der Waals surface area contributed by atoms with Crippen LogP contribution in [0.15, 0.2) is 9.59 Å². The number of carbonyl (C=O) groups excluding carboxylic acids is 1. The highest BCUT2D eigenvalue weighted by Gasteiger charge is 2.18. The van der Waals surface area contributed by atoms with E-state index in [1.165, 1.54) is 11.6 Å². The summed E-state index contributed by atoms with van der Waals surface area (Å²) in [6, 6.07) is 0. The average molecular weight is 276 g/mol. The van der Waals surface area contributed by atoms with E-state index in [2.05, 4.69) is 4.98 Å². The molecule has 0 bridgehead atoms. The van der Waals surface area contributed by atoms with E-state index in [-0.39, 0.29) is 11.8 Å². The summed E-state index contributed by atoms with van der Waals surface area (Å²) in [7, 11) is 2.98. The van der Waals surface area contributed by atoms with Crippen molar-refractivity contribution in [1.82, 2.24) is 14.1 Å². The van der Waals surface area contributed by atoms with E-state index in [1.54, 1.807) is 20.9 Å². The van der Waals surface area contributed by atoms with Crippen LogP contribution in [0, 0.1) is 13.8 Å². The summed E-state index contributed by atoms with van der Waals surface area (Å²) in [5.74, 6) is -0.571. The lowest BCUT2D eigenvalue weighted by Crippen LogP contribution is -2.38. The lowest BCUT2D eigenvalue weighted by atomic mass is 10.1. The molecule has 0 saturated heterocycles. The number of nitrogens with two attached hydrogens (primary N) is 1. The lowest BCUT2D eigenvalue weighted by molar-refractivity contribution is -0.117. The third kappa shape index (κ3) is 1.91. The van der Waals surface area contributed by atoms with Crippen molar-refractivity contribution < 1.29 is 4.79 Å². The van der Waals surface area contributed by atoms with Crippen molar-refractivity contribution in [1.29, 1.82) is 0 Å². The summed E-state index contributed by atoms with van der Waals surface area (Å²) < 4.78 is 2.40. The van der Waals surface area contributed by atoms with Gasteiger partial charge >= 0.3 is 5.69 Å². The molecule has 2 heterocycles. The van der Waals surface area contributed by atoms with Gasteiger partial charge in [-0.05, 0) is 19.4 Å². The Hall–Kier alpha value is -2.44. The number of amides is 1. The van der Waals surface area contributed by atoms with E-state index in [9.17, 15) is 14.4 Å². The predicted molar refractivity (Wildman–Crippen MR) is 74.6 cm³/mol. The van der Waals surface area contributed by atoms with Crippen LogP contribution >= 0.6 is 0 Å². The second-order valence-electron chi connectivity index (χ2n) is 4.84. The van der Waals surface area contributed by atoms with Crippen molar-refractivity contribution in [2.24, 2.45) is 19.8 Å². The number of primary amides is 1. The molecule has 0 aromatic carbocycles. The fraction of sp³-hybridized carbons (Fsp3) is 0.385. The molecule has 106 valence electrons. The molecule has 2 aromatic heterocycles. The predicted octanol–water partition coefficient (Wildman–Crippen LogP) is -0.723. The number of rotatable bonds is 2. The molecule has 0 unspecified atom stereocenters. The summed E-state index contributed by atoms with van der Waals surface area (Å²) in [6.45, 7) is 3.55. The Balaban J connectivity index is 3.12. The van der Waals surface area contributed by atoms with Crippen molar-refractivity contribution in [3.8, 4) is 0 Å². The minimum atomic E-state index is -0.571. The van der Waals surface area contributed by atoms with Crippen LogP contribution in [0.25, 0.3) is 10.9 Å². The van der Waals surface area contributed by atoms with Gasteiger partial charge in [0, 0.05) is 19.8 Å². The number of aromatic nitrogens is 3. The molecule has 2 rings (SSSR count). The van der Waals surface area contributed by atoms with Gasteiger partial charge in [-0.15, -0.1) is 0 Å². The topological polar surface area (TPSA) is 100.0 Å². The van der Waals surface area contributed by atoms with Crippen LogP contribution in [0.5, 0.6) is 0 Å². The summed E-state index contributed by atoms with van der Waals surface area (Å²) in [5.41, 5.74) is 6.54. The number of carbonyl (C=O) groups is 1. The highest BCUT2D eigenvalue weighted by Crippen LogP contribution is 2.19. The Kier molecular flexibility index (Phi) is 3.21. The molecular formula is C13H16N4O3. The lowest BCUT2D eigenvalue weighted by Gasteiger charge is -2.14. The Morgan fingerprint density at radius 1 is 1.20 bits per heavy atom. The van der Waals surface area contributed by atoms with Crippen molar-refractivity contribution >= 4 is 16.8 Å². The van der Waals surface area contributed by atoms with Crippen LogP contribution in [0.2, 0.25) is 0 Å². The Labute approximate surface area is 114 Å². The van der Waals surface area contributed by atoms with E-state index in [1.807, 2.05) is 0 Å². The maximum atomic E-state index is 12.3. The van der Waals surface area contributed by atoms with Gasteiger partial charge in [0.05, 0.1) is 23.0 Å². The summed E-state index contributed by atoms with van der Waals surface area (Å²) in [5, 5.41) is 0.275. The Bertz CT molecular complexity index is 846. The SMILES string of the molecule is Cc1nc(CC(N)=O)c2c(=O)n(C)c(=O)n(C)c2c1C. The zero-order chi connectivity index (χ0) is 15.2. The third-order valence-electron chi connectivity index (χ3n) is 3.50. The average Bonchev–Trinajstić information content (AvgIpc) is 2.37. The van der Waals surface area contributed by atoms with Gasteiger partial charge in [0.25, 0.3) is 5.56 Å². The first-order valence-corrected chi connectivity index (χ1v) is 6.09. The minimum absolute atomic E-state index is 0.134. The van der Waals surface area contributed by atoms with Crippen molar-refractivity contribution in [2.45, 2.75) is 20.3 Å². The van der Waals surface area contributed by atoms with Gasteiger partial charge in [0.2, 0.25) is 5.91 Å². The summed E-state index contributed by atoms with van der Waals surface area (Å²) in [6.07, 6.45) is -0.134. The first-order valence-electron chi connectivity index (χ1n) is 6.09. The van der Waals surface area contributed by atoms with E-state index < -0.39 is 17.2 Å². The summed E-state index contributed by atoms with van der Waals surface area (Å²) >= 11 is 0. The van der Waals surface area contributed by atoms with Crippen LogP contribution in [0.1, 0.15) is 17.0 Å². The molecule has 0 aliphatic rings. The van der Waals surface area contributed by atoms with Crippen LogP contribution in [-0.4, -0.2) is 20.0 Å². The maximum Gasteiger partial charge on any atom is 0.330 e. The third-order valence-corrected chi connectivity index (χ3v) is 3.50. The number of aryl methyl sites for hydroxylation is 3. The molecule has 1 amide bonds. The molecular weight excluding hydrogens is 260 g/mol. The van der Waals surface area contributed by atoms with Crippen molar-refractivity contribution in [2.75, 3.05) is 0 Å². The molecule has 0 aliphatic carbocycles. The van der Waals surface area contributed by atoms with Crippen LogP contribution in [0.4, 0.5) is 0 Å². The second-order valence-corrected chi connectivity index (χ2v) is 4.84. The van der Waals surface area contributed by atoms with Gasteiger partial charge in [0.15, 0.2) is 0 Å². The first kappa shape index (κ1) is 14.0. The fourth-order valence-corrected chi connectivity index (χ4v) is 2.35. The van der Waals surface area contributed by atoms with E-state index in [4.69, 9.17) is 5.73 Å². The smallest absolute Gasteiger partial charge is 0.330 e. The van der Waals surface area contributed by atoms with Gasteiger partial charge in [-0.2, -0.15) is 0 Å². The molecule has 0 spiro atoms. The van der Waals surface area contributed by atoms with E-state index >= 15 is 0 Å². The van der Waals surface area contributed by atoms with Crippen molar-refractivity contribution in [3.05, 3.63) is 37.8 Å². The molecule has 0 radical (unpaired) electrons. The normalized spacial score (nSPS) is 11.0. The number of hydrogen-bond donors (Lipinski definition) is 1. The molecule has 20 heavy (non-hydrogen) atoms. The van der Waals surface area contributed by atoms with Gasteiger partial charge in [0.1, 0.15) is 0 Å². The van der Waals surface area contributed by atoms with Crippen molar-refractivity contribution in [3.63, 3.8) is 0 Å². The highest BCUT2D eigenvalue weighted by molar-refractivity contribution is 5.88. The molecule has 0 saturated carbocycles. The Morgan fingerprint density at radius 2 is 1.80 bits per heavy atom. The number of pyridine rings is 1. The van der Waals surface area contributed by atoms with E-state index in [0.29, 0.717) is 16.9 Å². The van der Waals surface area contributed by atoms with Gasteiger partial charge in [-0.3, -0.25) is 23.7 Å². The maximum absolute atomic E-state index is 12.3. The molecule has 0 atom stereocenters. The highest BCUT2D eigenvalue weighted by atomic mass is 16.2. The van der Waals surface area contributed by atoms with Gasteiger partial charge in [-0.1, -0.05) is 0 Å². The molecule has 2 aromatic rings. The van der Waals surface area contributed by atoms with Crippen LogP contribution < -0.4 is 17.0 Å². The van der Waals surface area contributed by atoms with Crippen LogP contribution in [0.3, 0.4) is 0 Å². The first-order chi connectivity index (χ1) is 9.25. The van der Waals surface area contributed by atoms with E-state index in [0.717, 1.165) is 10.1 Å². The molecule has 0 fully saturated rings. The Morgan fingerprint density at radius 3 is 2.35 bits per heavy atom. The fourth-order valence-electron chi connectivity index (χ4n) is 2.35. The quantitative estimate of drug-likeness (QED) is 0.782. The second kappa shape index (κ2) is 4.59. The van der Waals surface area contributed by atoms with Crippen LogP contribution in [-0.2, 0) is 25.3 Å². The largest absolute Gasteiger partial charge is 0.369 e. The monoisotopic (exact) mass is 276 g/mol. The standard InChI is InChI=1S/C13H16N4O3/c1-6-7(2)15-8(5-9(14)18)10-11(6)16(3)13(20)17(4)12(10)19/h5H2,1-4H3,(H2,14,18). The molecule has 7 nitrogen and oxygen atoms in total. The number of fused-ring (bicyclic) bond motifs is 1. The molecule has 7 heteroatoms. The summed E-state index contributed by atoms with van der Waals surface area (Å²) in [4.78, 5) is 39.8.